The van der Waals surface area contributed by atoms with Crippen molar-refractivity contribution in [1.29, 1.82) is 0 Å². The Kier molecular flexibility index (Phi) is 4.57. The van der Waals surface area contributed by atoms with Crippen molar-refractivity contribution in [2.24, 2.45) is 5.84 Å². The summed E-state index contributed by atoms with van der Waals surface area (Å²) in [5, 5.41) is 0.776. The molecule has 1 aliphatic rings. The second-order valence-corrected chi connectivity index (χ2v) is 6.29. The lowest BCUT2D eigenvalue weighted by molar-refractivity contribution is 0.0303. The molecule has 8 heteroatoms. The van der Waals surface area contributed by atoms with E-state index in [0.717, 1.165) is 16.5 Å². The zero-order valence-electron chi connectivity index (χ0n) is 14.7. The molecule has 0 unspecified atom stereocenters. The topological polar surface area (TPSA) is 119 Å². The monoisotopic (exact) mass is 364 g/mol. The predicted octanol–water partition coefficient (Wildman–Crippen LogP) is 1.64. The Bertz CT molecular complexity index is 983. The molecule has 27 heavy (non-hydrogen) atoms. The first-order valence-electron chi connectivity index (χ1n) is 8.67. The van der Waals surface area contributed by atoms with Gasteiger partial charge in [-0.2, -0.15) is 4.98 Å². The van der Waals surface area contributed by atoms with Crippen LogP contribution in [0.5, 0.6) is 0 Å². The van der Waals surface area contributed by atoms with Crippen molar-refractivity contribution in [3.8, 4) is 11.1 Å². The van der Waals surface area contributed by atoms with Crippen molar-refractivity contribution in [1.82, 2.24) is 14.9 Å². The van der Waals surface area contributed by atoms with Crippen LogP contribution in [0.15, 0.2) is 42.5 Å². The van der Waals surface area contributed by atoms with E-state index in [4.69, 9.17) is 16.3 Å². The maximum Gasteiger partial charge on any atom is 0.254 e. The molecule has 0 saturated carbocycles. The van der Waals surface area contributed by atoms with Crippen LogP contribution in [0.4, 0.5) is 11.8 Å². The van der Waals surface area contributed by atoms with Gasteiger partial charge in [-0.15, -0.1) is 0 Å². The van der Waals surface area contributed by atoms with Crippen molar-refractivity contribution in [3.63, 3.8) is 0 Å². The quantitative estimate of drug-likeness (QED) is 0.477. The van der Waals surface area contributed by atoms with Crippen molar-refractivity contribution in [2.45, 2.75) is 0 Å². The van der Waals surface area contributed by atoms with Crippen LogP contribution in [-0.4, -0.2) is 47.1 Å². The molecule has 8 nitrogen and oxygen atoms in total. The molecule has 1 fully saturated rings. The molecular formula is C19H20N6O2. The zero-order chi connectivity index (χ0) is 18.8. The van der Waals surface area contributed by atoms with Crippen molar-refractivity contribution >= 4 is 28.6 Å². The number of hydrogen-bond acceptors (Lipinski definition) is 7. The van der Waals surface area contributed by atoms with E-state index >= 15 is 0 Å². The number of nitrogens with one attached hydrogen (secondary N) is 1. The van der Waals surface area contributed by atoms with Crippen LogP contribution in [-0.2, 0) is 4.74 Å². The maximum absolute atomic E-state index is 12.6. The summed E-state index contributed by atoms with van der Waals surface area (Å²) in [6.45, 7) is 2.43. The minimum atomic E-state index is 0.0295. The molecule has 1 aromatic heterocycles. The number of morpholine rings is 1. The van der Waals surface area contributed by atoms with Crippen LogP contribution < -0.4 is 17.0 Å². The van der Waals surface area contributed by atoms with Crippen molar-refractivity contribution in [2.75, 3.05) is 37.5 Å². The second-order valence-electron chi connectivity index (χ2n) is 6.29. The summed E-state index contributed by atoms with van der Waals surface area (Å²) < 4.78 is 5.30. The van der Waals surface area contributed by atoms with Gasteiger partial charge in [-0.05, 0) is 35.4 Å². The smallest absolute Gasteiger partial charge is 0.254 e. The molecule has 0 bridgehead atoms. The van der Waals surface area contributed by atoms with Crippen LogP contribution in [0.25, 0.3) is 22.0 Å². The van der Waals surface area contributed by atoms with E-state index in [1.54, 1.807) is 0 Å². The highest BCUT2D eigenvalue weighted by Gasteiger charge is 2.18. The highest BCUT2D eigenvalue weighted by atomic mass is 16.5. The molecule has 0 atom stereocenters. The lowest BCUT2D eigenvalue weighted by Crippen LogP contribution is -2.40. The first-order valence-corrected chi connectivity index (χ1v) is 8.67. The summed E-state index contributed by atoms with van der Waals surface area (Å²) in [6.07, 6.45) is 0. The first kappa shape index (κ1) is 17.2. The summed E-state index contributed by atoms with van der Waals surface area (Å²) in [5.74, 6) is 6.21. The lowest BCUT2D eigenvalue weighted by atomic mass is 10.0. The number of nitrogen functional groups attached to an aromatic ring is 2. The average Bonchev–Trinajstić information content (AvgIpc) is 2.73. The molecule has 5 N–H and O–H groups in total. The Hall–Kier alpha value is -3.23. The number of carbonyl (C=O) groups excluding carboxylic acids is 1. The van der Waals surface area contributed by atoms with Gasteiger partial charge in [-0.25, -0.2) is 10.8 Å². The van der Waals surface area contributed by atoms with Crippen molar-refractivity contribution in [3.05, 3.63) is 48.0 Å². The van der Waals surface area contributed by atoms with Crippen LogP contribution in [0.2, 0.25) is 0 Å². The highest BCUT2D eigenvalue weighted by Crippen LogP contribution is 2.28. The average molecular weight is 364 g/mol. The van der Waals surface area contributed by atoms with E-state index < -0.39 is 0 Å². The molecule has 138 valence electrons. The SMILES string of the molecule is NNc1nc(N)nc2ccc(-c3ccc(C(=O)N4CCOCC4)cc3)cc12. The number of nitrogens with zero attached hydrogens (tertiary/aromatic N) is 3. The molecule has 2 aromatic carbocycles. The number of rotatable bonds is 3. The summed E-state index contributed by atoms with van der Waals surface area (Å²) in [4.78, 5) is 22.7. The number of amides is 1. The summed E-state index contributed by atoms with van der Waals surface area (Å²) in [7, 11) is 0. The van der Waals surface area contributed by atoms with E-state index in [2.05, 4.69) is 15.4 Å². The van der Waals surface area contributed by atoms with Gasteiger partial charge >= 0.3 is 0 Å². The third-order valence-electron chi connectivity index (χ3n) is 4.61. The molecule has 2 heterocycles. The van der Waals surface area contributed by atoms with Crippen LogP contribution in [0.1, 0.15) is 10.4 Å². The molecule has 1 aliphatic heterocycles. The molecule has 1 saturated heterocycles. The second kappa shape index (κ2) is 7.18. The molecule has 3 aromatic rings. The Morgan fingerprint density at radius 2 is 1.74 bits per heavy atom. The first-order chi connectivity index (χ1) is 13.2. The Labute approximate surface area is 156 Å². The Morgan fingerprint density at radius 1 is 1.04 bits per heavy atom. The van der Waals surface area contributed by atoms with Gasteiger partial charge < -0.3 is 20.8 Å². The molecule has 4 rings (SSSR count). The van der Waals surface area contributed by atoms with Gasteiger partial charge in [0.15, 0.2) is 5.82 Å². The zero-order valence-corrected chi connectivity index (χ0v) is 14.7. The van der Waals surface area contributed by atoms with Gasteiger partial charge in [0.2, 0.25) is 5.95 Å². The van der Waals surface area contributed by atoms with E-state index in [1.165, 1.54) is 0 Å². The number of aromatic nitrogens is 2. The fourth-order valence-electron chi connectivity index (χ4n) is 3.19. The van der Waals surface area contributed by atoms with Crippen LogP contribution in [0.3, 0.4) is 0 Å². The third kappa shape index (κ3) is 3.40. The van der Waals surface area contributed by atoms with Crippen LogP contribution >= 0.6 is 0 Å². The standard InChI is InChI=1S/C19H20N6O2/c20-19-22-16-6-5-14(11-15(16)17(23-19)24-21)12-1-3-13(4-2-12)18(26)25-7-9-27-10-8-25/h1-6,11H,7-10,21H2,(H3,20,22,23,24). The number of benzene rings is 2. The van der Waals surface area contributed by atoms with E-state index in [-0.39, 0.29) is 11.9 Å². The number of hydrazine groups is 1. The van der Waals surface area contributed by atoms with E-state index in [9.17, 15) is 4.79 Å². The molecule has 0 radical (unpaired) electrons. The van der Waals surface area contributed by atoms with Gasteiger partial charge in [0.05, 0.1) is 18.7 Å². The Morgan fingerprint density at radius 3 is 2.44 bits per heavy atom. The number of fused-ring (bicyclic) bond motifs is 1. The normalized spacial score (nSPS) is 14.3. The van der Waals surface area contributed by atoms with Gasteiger partial charge in [0.25, 0.3) is 5.91 Å². The number of anilines is 2. The lowest BCUT2D eigenvalue weighted by Gasteiger charge is -2.26. The fraction of sp³-hybridized carbons (Fsp3) is 0.211. The number of carbonyl (C=O) groups is 1. The minimum absolute atomic E-state index is 0.0295. The largest absolute Gasteiger partial charge is 0.378 e. The summed E-state index contributed by atoms with van der Waals surface area (Å²) in [5.41, 5.74) is 11.6. The van der Waals surface area contributed by atoms with Gasteiger partial charge in [-0.3, -0.25) is 4.79 Å². The summed E-state index contributed by atoms with van der Waals surface area (Å²) >= 11 is 0. The van der Waals surface area contributed by atoms with E-state index in [0.29, 0.717) is 43.2 Å². The van der Waals surface area contributed by atoms with Crippen molar-refractivity contribution < 1.29 is 9.53 Å². The molecule has 0 aliphatic carbocycles. The van der Waals surface area contributed by atoms with Gasteiger partial charge in [0, 0.05) is 24.0 Å². The Balaban J connectivity index is 1.63. The van der Waals surface area contributed by atoms with Crippen LogP contribution in [0, 0.1) is 0 Å². The fourth-order valence-corrected chi connectivity index (χ4v) is 3.19. The molecule has 0 spiro atoms. The molecule has 1 amide bonds. The maximum atomic E-state index is 12.6. The number of ether oxygens (including phenoxy) is 1. The number of nitrogens with two attached hydrogens (primary N) is 2. The minimum Gasteiger partial charge on any atom is -0.378 e. The summed E-state index contributed by atoms with van der Waals surface area (Å²) in [6, 6.07) is 13.3. The van der Waals surface area contributed by atoms with Gasteiger partial charge in [-0.1, -0.05) is 18.2 Å². The third-order valence-corrected chi connectivity index (χ3v) is 4.61. The highest BCUT2D eigenvalue weighted by molar-refractivity contribution is 5.96. The van der Waals surface area contributed by atoms with Gasteiger partial charge in [0.1, 0.15) is 0 Å². The molecular weight excluding hydrogens is 344 g/mol. The van der Waals surface area contributed by atoms with E-state index in [1.807, 2.05) is 47.4 Å². The predicted molar refractivity (Wildman–Crippen MR) is 104 cm³/mol. The number of hydrogen-bond donors (Lipinski definition) is 3.